The summed E-state index contributed by atoms with van der Waals surface area (Å²) < 4.78 is 5.62. The van der Waals surface area contributed by atoms with E-state index in [-0.39, 0.29) is 17.1 Å². The third-order valence-corrected chi connectivity index (χ3v) is 9.02. The van der Waals surface area contributed by atoms with Crippen LogP contribution < -0.4 is 4.90 Å². The highest BCUT2D eigenvalue weighted by Crippen LogP contribution is 2.49. The molecule has 1 aliphatic carbocycles. The van der Waals surface area contributed by atoms with E-state index in [2.05, 4.69) is 30.9 Å². The lowest BCUT2D eigenvalue weighted by molar-refractivity contribution is 0.0792. The fourth-order valence-corrected chi connectivity index (χ4v) is 7.18. The number of ketones is 1. The molecule has 0 radical (unpaired) electrons. The van der Waals surface area contributed by atoms with E-state index in [4.69, 9.17) is 9.72 Å². The average Bonchev–Trinajstić information content (AvgIpc) is 3.57. The van der Waals surface area contributed by atoms with Crippen molar-refractivity contribution in [2.45, 2.75) is 39.5 Å². The molecule has 0 N–H and O–H groups in total. The van der Waals surface area contributed by atoms with E-state index in [0.717, 1.165) is 77.7 Å². The minimum Gasteiger partial charge on any atom is -0.378 e. The van der Waals surface area contributed by atoms with Gasteiger partial charge in [0.25, 0.3) is 5.91 Å². The SMILES string of the molecule is CC1(C)CC(=O)c2sc(N3CCOCC3)c(-c3ccnc(-c4cccc(C(=O)N5CCCC5)c4)c3)c2C1. The number of thiophene rings is 1. The maximum absolute atomic E-state index is 13.2. The number of pyridine rings is 1. The second-order valence-corrected chi connectivity index (χ2v) is 12.1. The molecule has 192 valence electrons. The van der Waals surface area contributed by atoms with E-state index in [9.17, 15) is 9.59 Å². The Bertz CT molecular complexity index is 1350. The molecule has 2 aromatic heterocycles. The quantitative estimate of drug-likeness (QED) is 0.446. The summed E-state index contributed by atoms with van der Waals surface area (Å²) in [5.41, 5.74) is 5.82. The topological polar surface area (TPSA) is 62.7 Å². The molecule has 0 unspecified atom stereocenters. The molecule has 2 saturated heterocycles. The van der Waals surface area contributed by atoms with Crippen LogP contribution in [0.3, 0.4) is 0 Å². The van der Waals surface area contributed by atoms with Crippen molar-refractivity contribution in [3.8, 4) is 22.4 Å². The molecule has 0 bridgehead atoms. The van der Waals surface area contributed by atoms with Gasteiger partial charge in [0.1, 0.15) is 0 Å². The Hall–Kier alpha value is -3.03. The number of rotatable bonds is 4. The molecule has 37 heavy (non-hydrogen) atoms. The number of likely N-dealkylation sites (tertiary alicyclic amines) is 1. The maximum atomic E-state index is 13.2. The first-order valence-corrected chi connectivity index (χ1v) is 14.1. The van der Waals surface area contributed by atoms with Gasteiger partial charge in [0.05, 0.1) is 28.8 Å². The van der Waals surface area contributed by atoms with Crippen LogP contribution in [0, 0.1) is 5.41 Å². The van der Waals surface area contributed by atoms with Crippen LogP contribution in [0.15, 0.2) is 42.6 Å². The number of fused-ring (bicyclic) bond motifs is 1. The summed E-state index contributed by atoms with van der Waals surface area (Å²) in [6.45, 7) is 9.07. The molecule has 1 amide bonds. The van der Waals surface area contributed by atoms with E-state index in [1.807, 2.05) is 35.4 Å². The Kier molecular flexibility index (Phi) is 6.37. The van der Waals surface area contributed by atoms with E-state index in [1.54, 1.807) is 11.3 Å². The predicted molar refractivity (Wildman–Crippen MR) is 148 cm³/mol. The van der Waals surface area contributed by atoms with Crippen LogP contribution in [0.1, 0.15) is 58.7 Å². The van der Waals surface area contributed by atoms with Gasteiger partial charge in [-0.3, -0.25) is 14.6 Å². The molecule has 2 fully saturated rings. The first-order valence-electron chi connectivity index (χ1n) is 13.3. The summed E-state index contributed by atoms with van der Waals surface area (Å²) in [7, 11) is 0. The minimum absolute atomic E-state index is 0.0672. The number of ether oxygens (including phenoxy) is 1. The van der Waals surface area contributed by atoms with E-state index >= 15 is 0 Å². The van der Waals surface area contributed by atoms with E-state index in [1.165, 1.54) is 5.56 Å². The zero-order valence-electron chi connectivity index (χ0n) is 21.6. The summed E-state index contributed by atoms with van der Waals surface area (Å²) in [5, 5.41) is 1.16. The molecule has 0 spiro atoms. The Labute approximate surface area is 222 Å². The van der Waals surface area contributed by atoms with Crippen molar-refractivity contribution >= 4 is 28.0 Å². The van der Waals surface area contributed by atoms with Gasteiger partial charge in [0.15, 0.2) is 5.78 Å². The van der Waals surface area contributed by atoms with Crippen molar-refractivity contribution < 1.29 is 14.3 Å². The summed E-state index contributed by atoms with van der Waals surface area (Å²) >= 11 is 1.64. The van der Waals surface area contributed by atoms with Crippen LogP contribution in [-0.2, 0) is 11.2 Å². The van der Waals surface area contributed by atoms with Crippen LogP contribution >= 0.6 is 11.3 Å². The van der Waals surface area contributed by atoms with Crippen LogP contribution in [-0.4, -0.2) is 61.0 Å². The van der Waals surface area contributed by atoms with E-state index < -0.39 is 0 Å². The summed E-state index contributed by atoms with van der Waals surface area (Å²) in [5.74, 6) is 0.345. The smallest absolute Gasteiger partial charge is 0.253 e. The van der Waals surface area contributed by atoms with Gasteiger partial charge < -0.3 is 14.5 Å². The lowest BCUT2D eigenvalue weighted by atomic mass is 9.75. The molecule has 4 heterocycles. The highest BCUT2D eigenvalue weighted by atomic mass is 32.1. The van der Waals surface area contributed by atoms with Crippen LogP contribution in [0.5, 0.6) is 0 Å². The molecule has 3 aromatic rings. The van der Waals surface area contributed by atoms with E-state index in [0.29, 0.717) is 25.2 Å². The Morgan fingerprint density at radius 3 is 2.57 bits per heavy atom. The molecule has 6 rings (SSSR count). The summed E-state index contributed by atoms with van der Waals surface area (Å²) in [6.07, 6.45) is 5.46. The van der Waals surface area contributed by atoms with Gasteiger partial charge in [-0.1, -0.05) is 26.0 Å². The fraction of sp³-hybridized carbons (Fsp3) is 0.433. The number of aromatic nitrogens is 1. The number of anilines is 1. The molecular weight excluding hydrogens is 482 g/mol. The van der Waals surface area contributed by atoms with Gasteiger partial charge in [-0.05, 0) is 60.1 Å². The molecule has 6 nitrogen and oxygen atoms in total. The lowest BCUT2D eigenvalue weighted by Gasteiger charge is -2.30. The molecule has 2 aliphatic heterocycles. The number of hydrogen-bond donors (Lipinski definition) is 0. The van der Waals surface area contributed by atoms with Gasteiger partial charge in [0, 0.05) is 55.5 Å². The molecule has 0 saturated carbocycles. The summed E-state index contributed by atoms with van der Waals surface area (Å²) in [4.78, 5) is 36.1. The average molecular weight is 516 g/mol. The van der Waals surface area contributed by atoms with Gasteiger partial charge in [-0.2, -0.15) is 0 Å². The molecule has 1 aromatic carbocycles. The molecule has 7 heteroatoms. The van der Waals surface area contributed by atoms with Crippen LogP contribution in [0.25, 0.3) is 22.4 Å². The fourth-order valence-electron chi connectivity index (χ4n) is 5.85. The van der Waals surface area contributed by atoms with Crippen LogP contribution in [0.2, 0.25) is 0 Å². The maximum Gasteiger partial charge on any atom is 0.253 e. The number of carbonyl (C=O) groups excluding carboxylic acids is 2. The molecule has 0 atom stereocenters. The number of Topliss-reactive ketones (excluding diaryl/α,β-unsaturated/α-hetero) is 1. The first-order chi connectivity index (χ1) is 17.9. The monoisotopic (exact) mass is 515 g/mol. The number of nitrogens with zero attached hydrogens (tertiary/aromatic N) is 3. The normalized spacial score (nSPS) is 19.2. The Morgan fingerprint density at radius 1 is 1.00 bits per heavy atom. The number of benzene rings is 1. The number of amides is 1. The molecular formula is C30H33N3O3S. The van der Waals surface area contributed by atoms with Crippen molar-refractivity contribution in [2.75, 3.05) is 44.3 Å². The first kappa shape index (κ1) is 24.3. The lowest BCUT2D eigenvalue weighted by Crippen LogP contribution is -2.36. The van der Waals surface area contributed by atoms with Gasteiger partial charge in [-0.25, -0.2) is 0 Å². The highest BCUT2D eigenvalue weighted by molar-refractivity contribution is 7.19. The highest BCUT2D eigenvalue weighted by Gasteiger charge is 2.37. The third kappa shape index (κ3) is 4.71. The third-order valence-electron chi connectivity index (χ3n) is 7.68. The minimum atomic E-state index is -0.0672. The zero-order chi connectivity index (χ0) is 25.6. The van der Waals surface area contributed by atoms with Gasteiger partial charge >= 0.3 is 0 Å². The van der Waals surface area contributed by atoms with Gasteiger partial charge in [-0.15, -0.1) is 11.3 Å². The predicted octanol–water partition coefficient (Wildman–Crippen LogP) is 5.70. The van der Waals surface area contributed by atoms with Crippen molar-refractivity contribution in [3.63, 3.8) is 0 Å². The Balaban J connectivity index is 1.42. The van der Waals surface area contributed by atoms with Crippen molar-refractivity contribution in [1.82, 2.24) is 9.88 Å². The van der Waals surface area contributed by atoms with Crippen molar-refractivity contribution in [1.29, 1.82) is 0 Å². The zero-order valence-corrected chi connectivity index (χ0v) is 22.4. The largest absolute Gasteiger partial charge is 0.378 e. The van der Waals surface area contributed by atoms with Crippen molar-refractivity contribution in [3.05, 3.63) is 58.6 Å². The van der Waals surface area contributed by atoms with Gasteiger partial charge in [0.2, 0.25) is 0 Å². The second-order valence-electron chi connectivity index (χ2n) is 11.1. The molecule has 3 aliphatic rings. The number of morpholine rings is 1. The standard InChI is InChI=1S/C30H33N3O3S/c1-30(2)18-23-26(29(33-12-14-36-15-13-33)37-27(23)25(34)19-30)21-8-9-31-24(17-21)20-6-5-7-22(16-20)28(35)32-10-3-4-11-32/h5-9,16-17H,3-4,10-15,18-19H2,1-2H3. The number of hydrogen-bond acceptors (Lipinski definition) is 6. The number of carbonyl (C=O) groups is 2. The van der Waals surface area contributed by atoms with Crippen LogP contribution in [0.4, 0.5) is 5.00 Å². The second kappa shape index (κ2) is 9.69. The van der Waals surface area contributed by atoms with Crippen molar-refractivity contribution in [2.24, 2.45) is 5.41 Å². The Morgan fingerprint density at radius 2 is 1.78 bits per heavy atom. The summed E-state index contributed by atoms with van der Waals surface area (Å²) in [6, 6.07) is 12.0.